The van der Waals surface area contributed by atoms with Crippen LogP contribution in [0.2, 0.25) is 0 Å². The Kier molecular flexibility index (Phi) is 6.96. The van der Waals surface area contributed by atoms with E-state index in [2.05, 4.69) is 5.32 Å². The van der Waals surface area contributed by atoms with Crippen molar-refractivity contribution in [2.75, 3.05) is 23.7 Å². The molecule has 168 valence electrons. The number of hydrogen-bond acceptors (Lipinski definition) is 3. The Labute approximate surface area is 188 Å². The summed E-state index contributed by atoms with van der Waals surface area (Å²) in [5, 5.41) is 2.87. The highest BCUT2D eigenvalue weighted by atomic mass is 32.2. The molecule has 6 nitrogen and oxygen atoms in total. The van der Waals surface area contributed by atoms with Gasteiger partial charge in [0, 0.05) is 25.3 Å². The predicted octanol–water partition coefficient (Wildman–Crippen LogP) is 4.51. The number of amides is 1. The second kappa shape index (κ2) is 9.50. The van der Waals surface area contributed by atoms with Crippen molar-refractivity contribution in [1.82, 2.24) is 4.31 Å². The average Bonchev–Trinajstić information content (AvgIpc) is 2.72. The second-order valence-electron chi connectivity index (χ2n) is 7.78. The van der Waals surface area contributed by atoms with Gasteiger partial charge >= 0.3 is 10.2 Å². The van der Waals surface area contributed by atoms with Gasteiger partial charge in [-0.2, -0.15) is 12.7 Å². The minimum atomic E-state index is -3.94. The summed E-state index contributed by atoms with van der Waals surface area (Å²) in [5.41, 5.74) is 3.80. The van der Waals surface area contributed by atoms with Crippen LogP contribution in [0.25, 0.3) is 0 Å². The van der Waals surface area contributed by atoms with E-state index in [4.69, 9.17) is 0 Å². The summed E-state index contributed by atoms with van der Waals surface area (Å²) in [6.45, 7) is 3.83. The molecule has 1 amide bonds. The number of anilines is 2. The van der Waals surface area contributed by atoms with Crippen LogP contribution in [0.4, 0.5) is 15.8 Å². The summed E-state index contributed by atoms with van der Waals surface area (Å²) in [5.74, 6) is -0.907. The molecule has 0 bridgehead atoms. The van der Waals surface area contributed by atoms with Gasteiger partial charge in [0.15, 0.2) is 0 Å². The van der Waals surface area contributed by atoms with Gasteiger partial charge in [0.25, 0.3) is 5.91 Å². The van der Waals surface area contributed by atoms with Crippen molar-refractivity contribution in [3.63, 3.8) is 0 Å². The summed E-state index contributed by atoms with van der Waals surface area (Å²) in [7, 11) is -1.16. The molecule has 3 aromatic carbocycles. The number of nitrogens with zero attached hydrogens (tertiary/aromatic N) is 2. The van der Waals surface area contributed by atoms with Gasteiger partial charge in [0.05, 0.1) is 12.2 Å². The zero-order valence-corrected chi connectivity index (χ0v) is 19.3. The van der Waals surface area contributed by atoms with Gasteiger partial charge in [-0.15, -0.1) is 0 Å². The van der Waals surface area contributed by atoms with Gasteiger partial charge in [0.1, 0.15) is 5.82 Å². The van der Waals surface area contributed by atoms with Gasteiger partial charge in [0.2, 0.25) is 0 Å². The molecule has 0 fully saturated rings. The predicted molar refractivity (Wildman–Crippen MR) is 126 cm³/mol. The number of benzene rings is 3. The van der Waals surface area contributed by atoms with Gasteiger partial charge in [-0.05, 0) is 66.9 Å². The lowest BCUT2D eigenvalue weighted by Crippen LogP contribution is -2.40. The van der Waals surface area contributed by atoms with Gasteiger partial charge in [-0.25, -0.2) is 4.39 Å². The van der Waals surface area contributed by atoms with E-state index >= 15 is 0 Å². The van der Waals surface area contributed by atoms with Crippen LogP contribution in [0.15, 0.2) is 66.7 Å². The molecule has 0 aliphatic carbocycles. The largest absolute Gasteiger partial charge is 0.322 e. The number of nitrogens with one attached hydrogen (secondary N) is 1. The maximum atomic E-state index is 14.4. The first-order valence-corrected chi connectivity index (χ1v) is 11.4. The standard InChI is InChI=1S/C24H26FN3O3S/c1-17-13-18(2)15-21(14-17)26-24(29)20-11-9-19(10-12-20)16-28(32(30,31)27(3)4)23-8-6-5-7-22(23)25/h5-15H,16H2,1-4H3,(H,26,29). The SMILES string of the molecule is Cc1cc(C)cc(NC(=O)c2ccc(CN(c3ccccc3F)S(=O)(=O)N(C)C)cc2)c1. The van der Waals surface area contributed by atoms with Crippen molar-refractivity contribution in [1.29, 1.82) is 0 Å². The maximum absolute atomic E-state index is 14.4. The summed E-state index contributed by atoms with van der Waals surface area (Å²) in [4.78, 5) is 12.6. The number of aryl methyl sites for hydroxylation is 2. The molecular formula is C24H26FN3O3S. The van der Waals surface area contributed by atoms with E-state index in [1.54, 1.807) is 30.3 Å². The van der Waals surface area contributed by atoms with Crippen LogP contribution < -0.4 is 9.62 Å². The molecule has 1 N–H and O–H groups in total. The van der Waals surface area contributed by atoms with Crippen LogP contribution in [0, 0.1) is 19.7 Å². The fraction of sp³-hybridized carbons (Fsp3) is 0.208. The van der Waals surface area contributed by atoms with Crippen LogP contribution in [0.3, 0.4) is 0 Å². The molecule has 0 aliphatic heterocycles. The van der Waals surface area contributed by atoms with E-state index in [0.717, 1.165) is 19.7 Å². The van der Waals surface area contributed by atoms with Crippen LogP contribution in [0.1, 0.15) is 27.0 Å². The van der Waals surface area contributed by atoms with Crippen LogP contribution >= 0.6 is 0 Å². The van der Waals surface area contributed by atoms with E-state index in [-0.39, 0.29) is 18.1 Å². The molecule has 3 aromatic rings. The molecular weight excluding hydrogens is 429 g/mol. The number of carbonyl (C=O) groups excluding carboxylic acids is 1. The maximum Gasteiger partial charge on any atom is 0.303 e. The summed E-state index contributed by atoms with van der Waals surface area (Å²) in [6.07, 6.45) is 0. The van der Waals surface area contributed by atoms with E-state index in [1.807, 2.05) is 32.0 Å². The van der Waals surface area contributed by atoms with Gasteiger partial charge in [-0.1, -0.05) is 30.3 Å². The molecule has 32 heavy (non-hydrogen) atoms. The Morgan fingerprint density at radius 1 is 0.938 bits per heavy atom. The highest BCUT2D eigenvalue weighted by Gasteiger charge is 2.27. The molecule has 0 radical (unpaired) electrons. The number of carbonyl (C=O) groups is 1. The van der Waals surface area contributed by atoms with E-state index in [9.17, 15) is 17.6 Å². The van der Waals surface area contributed by atoms with Crippen molar-refractivity contribution in [2.45, 2.75) is 20.4 Å². The minimum Gasteiger partial charge on any atom is -0.322 e. The molecule has 0 aromatic heterocycles. The first-order valence-electron chi connectivity index (χ1n) is 10.0. The Bertz CT molecular complexity index is 1210. The van der Waals surface area contributed by atoms with Crippen LogP contribution in [-0.4, -0.2) is 32.7 Å². The molecule has 0 atom stereocenters. The average molecular weight is 456 g/mol. The molecule has 0 saturated carbocycles. The molecule has 0 aliphatic rings. The highest BCUT2D eigenvalue weighted by molar-refractivity contribution is 7.90. The molecule has 0 spiro atoms. The van der Waals surface area contributed by atoms with Crippen LogP contribution in [-0.2, 0) is 16.8 Å². The van der Waals surface area contributed by atoms with E-state index in [0.29, 0.717) is 16.8 Å². The number of hydrogen-bond donors (Lipinski definition) is 1. The first-order chi connectivity index (χ1) is 15.1. The zero-order valence-electron chi connectivity index (χ0n) is 18.5. The zero-order chi connectivity index (χ0) is 23.5. The Morgan fingerprint density at radius 2 is 1.53 bits per heavy atom. The molecule has 0 heterocycles. The number of rotatable bonds is 7. The van der Waals surface area contributed by atoms with Gasteiger partial charge in [-0.3, -0.25) is 9.10 Å². The van der Waals surface area contributed by atoms with E-state index < -0.39 is 16.0 Å². The fourth-order valence-electron chi connectivity index (χ4n) is 3.32. The quantitative estimate of drug-likeness (QED) is 0.570. The Morgan fingerprint density at radius 3 is 2.09 bits per heavy atom. The van der Waals surface area contributed by atoms with Crippen molar-refractivity contribution in [3.8, 4) is 0 Å². The van der Waals surface area contributed by atoms with Crippen LogP contribution in [0.5, 0.6) is 0 Å². The summed E-state index contributed by atoms with van der Waals surface area (Å²) in [6, 6.07) is 18.1. The van der Waals surface area contributed by atoms with Crippen molar-refractivity contribution < 1.29 is 17.6 Å². The monoisotopic (exact) mass is 455 g/mol. The summed E-state index contributed by atoms with van der Waals surface area (Å²) >= 11 is 0. The van der Waals surface area contributed by atoms with Crippen molar-refractivity contribution >= 4 is 27.5 Å². The summed E-state index contributed by atoms with van der Waals surface area (Å²) < 4.78 is 42.1. The lowest BCUT2D eigenvalue weighted by atomic mass is 10.1. The molecule has 3 rings (SSSR count). The first kappa shape index (κ1) is 23.4. The third kappa shape index (κ3) is 5.33. The Hall–Kier alpha value is -3.23. The second-order valence-corrected chi connectivity index (χ2v) is 9.84. The smallest absolute Gasteiger partial charge is 0.303 e. The fourth-order valence-corrected chi connectivity index (χ4v) is 4.42. The Balaban J connectivity index is 1.83. The third-order valence-corrected chi connectivity index (χ3v) is 6.69. The minimum absolute atomic E-state index is 0.0437. The number of halogens is 1. The van der Waals surface area contributed by atoms with Crippen molar-refractivity contribution in [2.24, 2.45) is 0 Å². The topological polar surface area (TPSA) is 69.7 Å². The normalized spacial score (nSPS) is 11.4. The van der Waals surface area contributed by atoms with Gasteiger partial charge < -0.3 is 5.32 Å². The van der Waals surface area contributed by atoms with E-state index in [1.165, 1.54) is 32.3 Å². The molecule has 8 heteroatoms. The lowest BCUT2D eigenvalue weighted by molar-refractivity contribution is 0.102. The lowest BCUT2D eigenvalue weighted by Gasteiger charge is -2.27. The molecule has 0 unspecified atom stereocenters. The highest BCUT2D eigenvalue weighted by Crippen LogP contribution is 2.25. The van der Waals surface area contributed by atoms with Crippen molar-refractivity contribution in [3.05, 3.63) is 94.8 Å². The molecule has 0 saturated heterocycles. The number of para-hydroxylation sites is 1. The third-order valence-electron chi connectivity index (χ3n) is 4.88.